The normalized spacial score (nSPS) is 19.0. The molecule has 1 aromatic heterocycles. The molecule has 0 radical (unpaired) electrons. The van der Waals surface area contributed by atoms with Crippen LogP contribution in [0.3, 0.4) is 0 Å². The smallest absolute Gasteiger partial charge is 0.219 e. The Morgan fingerprint density at radius 3 is 2.62 bits per heavy atom. The molecule has 0 aliphatic carbocycles. The molecule has 0 spiro atoms. The Bertz CT molecular complexity index is 680. The second-order valence-corrected chi connectivity index (χ2v) is 6.72. The summed E-state index contributed by atoms with van der Waals surface area (Å²) in [7, 11) is 0. The number of amides is 1. The van der Waals surface area contributed by atoms with Crippen LogP contribution in [0.15, 0.2) is 42.6 Å². The lowest BCUT2D eigenvalue weighted by molar-refractivity contribution is -0.132. The zero-order valence-electron chi connectivity index (χ0n) is 14.7. The van der Waals surface area contributed by atoms with Crippen LogP contribution in [0, 0.1) is 0 Å². The zero-order valence-corrected chi connectivity index (χ0v) is 14.7. The van der Waals surface area contributed by atoms with E-state index in [4.69, 9.17) is 0 Å². The fraction of sp³-hybridized carbons (Fsp3) is 0.474. The molecule has 0 bridgehead atoms. The lowest BCUT2D eigenvalue weighted by atomic mass is 10.0. The molecule has 1 fully saturated rings. The van der Waals surface area contributed by atoms with E-state index < -0.39 is 0 Å². The molecule has 1 aliphatic rings. The van der Waals surface area contributed by atoms with E-state index in [1.807, 2.05) is 17.2 Å². The molecule has 1 aliphatic heterocycles. The molecule has 2 heterocycles. The molecule has 0 N–H and O–H groups in total. The number of hydrogen-bond donors (Lipinski definition) is 0. The maximum absolute atomic E-state index is 11.8. The highest BCUT2D eigenvalue weighted by molar-refractivity contribution is 5.73. The van der Waals surface area contributed by atoms with E-state index in [-0.39, 0.29) is 11.9 Å². The van der Waals surface area contributed by atoms with Gasteiger partial charge in [0.05, 0.1) is 11.7 Å². The number of hydrogen-bond acceptors (Lipinski definition) is 3. The quantitative estimate of drug-likeness (QED) is 0.867. The molecule has 3 rings (SSSR count). The highest BCUT2D eigenvalue weighted by Crippen LogP contribution is 2.27. The first-order valence-electron chi connectivity index (χ1n) is 8.63. The van der Waals surface area contributed by atoms with Crippen LogP contribution in [-0.4, -0.2) is 45.1 Å². The maximum Gasteiger partial charge on any atom is 0.219 e. The van der Waals surface area contributed by atoms with Gasteiger partial charge in [0, 0.05) is 45.3 Å². The summed E-state index contributed by atoms with van der Waals surface area (Å²) in [6.45, 7) is 9.22. The van der Waals surface area contributed by atoms with E-state index >= 15 is 0 Å². The summed E-state index contributed by atoms with van der Waals surface area (Å²) < 4.78 is 2.08. The number of rotatable bonds is 4. The third kappa shape index (κ3) is 3.51. The van der Waals surface area contributed by atoms with Gasteiger partial charge in [-0.1, -0.05) is 30.3 Å². The van der Waals surface area contributed by atoms with Gasteiger partial charge < -0.3 is 4.90 Å². The standard InChI is InChI=1S/C19H26N4O/c1-15(2)23-18(9-10-20-23)13-22-12-11-21(16(3)24)14-19(22)17-7-5-4-6-8-17/h4-10,15,19H,11-14H2,1-3H3/t19-/m0/s1. The number of nitrogens with zero attached hydrogens (tertiary/aromatic N) is 4. The van der Waals surface area contributed by atoms with Crippen molar-refractivity contribution in [3.63, 3.8) is 0 Å². The Hall–Kier alpha value is -2.14. The Labute approximate surface area is 143 Å². The van der Waals surface area contributed by atoms with Gasteiger partial charge in [-0.15, -0.1) is 0 Å². The van der Waals surface area contributed by atoms with Crippen molar-refractivity contribution in [2.24, 2.45) is 0 Å². The zero-order chi connectivity index (χ0) is 17.1. The van der Waals surface area contributed by atoms with Crippen molar-refractivity contribution in [3.05, 3.63) is 53.9 Å². The lowest BCUT2D eigenvalue weighted by Gasteiger charge is -2.41. The van der Waals surface area contributed by atoms with Gasteiger partial charge in [-0.05, 0) is 25.5 Å². The topological polar surface area (TPSA) is 41.4 Å². The van der Waals surface area contributed by atoms with E-state index in [1.54, 1.807) is 6.92 Å². The van der Waals surface area contributed by atoms with Gasteiger partial charge in [-0.2, -0.15) is 5.10 Å². The molecule has 0 saturated carbocycles. The van der Waals surface area contributed by atoms with Crippen molar-refractivity contribution in [2.45, 2.75) is 39.4 Å². The SMILES string of the molecule is CC(=O)N1CCN(Cc2ccnn2C(C)C)[C@H](c2ccccc2)C1. The Morgan fingerprint density at radius 1 is 1.21 bits per heavy atom. The predicted molar refractivity (Wildman–Crippen MR) is 94.5 cm³/mol. The molecule has 0 unspecified atom stereocenters. The number of piperazine rings is 1. The van der Waals surface area contributed by atoms with Crippen molar-refractivity contribution < 1.29 is 4.79 Å². The number of carbonyl (C=O) groups is 1. The molecule has 1 saturated heterocycles. The minimum Gasteiger partial charge on any atom is -0.340 e. The van der Waals surface area contributed by atoms with Crippen LogP contribution in [0.1, 0.15) is 44.1 Å². The molecule has 128 valence electrons. The first kappa shape index (κ1) is 16.7. The van der Waals surface area contributed by atoms with Gasteiger partial charge in [0.1, 0.15) is 0 Å². The molecule has 5 heteroatoms. The fourth-order valence-corrected chi connectivity index (χ4v) is 3.43. The van der Waals surface area contributed by atoms with Crippen LogP contribution in [-0.2, 0) is 11.3 Å². The first-order valence-corrected chi connectivity index (χ1v) is 8.63. The summed E-state index contributed by atoms with van der Waals surface area (Å²) in [6.07, 6.45) is 1.87. The number of aromatic nitrogens is 2. The summed E-state index contributed by atoms with van der Waals surface area (Å²) >= 11 is 0. The second-order valence-electron chi connectivity index (χ2n) is 6.72. The average Bonchev–Trinajstić information content (AvgIpc) is 3.04. The van der Waals surface area contributed by atoms with Crippen LogP contribution >= 0.6 is 0 Å². The van der Waals surface area contributed by atoms with Gasteiger partial charge in [0.15, 0.2) is 0 Å². The summed E-state index contributed by atoms with van der Waals surface area (Å²) in [4.78, 5) is 16.3. The Morgan fingerprint density at radius 2 is 1.96 bits per heavy atom. The van der Waals surface area contributed by atoms with Gasteiger partial charge in [-0.25, -0.2) is 0 Å². The first-order chi connectivity index (χ1) is 11.6. The molecule has 24 heavy (non-hydrogen) atoms. The predicted octanol–water partition coefficient (Wildman–Crippen LogP) is 2.87. The van der Waals surface area contributed by atoms with Crippen LogP contribution in [0.2, 0.25) is 0 Å². The monoisotopic (exact) mass is 326 g/mol. The molecule has 1 aromatic carbocycles. The lowest BCUT2D eigenvalue weighted by Crippen LogP contribution is -2.49. The fourth-order valence-electron chi connectivity index (χ4n) is 3.43. The second kappa shape index (κ2) is 7.18. The number of benzene rings is 1. The molecule has 5 nitrogen and oxygen atoms in total. The number of carbonyl (C=O) groups excluding carboxylic acids is 1. The summed E-state index contributed by atoms with van der Waals surface area (Å²) in [6, 6.07) is 13.1. The van der Waals surface area contributed by atoms with Gasteiger partial charge >= 0.3 is 0 Å². The van der Waals surface area contributed by atoms with Crippen molar-refractivity contribution in [3.8, 4) is 0 Å². The van der Waals surface area contributed by atoms with E-state index in [2.05, 4.69) is 58.9 Å². The van der Waals surface area contributed by atoms with Crippen LogP contribution in [0.5, 0.6) is 0 Å². The van der Waals surface area contributed by atoms with E-state index in [0.717, 1.165) is 26.2 Å². The van der Waals surface area contributed by atoms with Crippen molar-refractivity contribution in [1.29, 1.82) is 0 Å². The minimum absolute atomic E-state index is 0.155. The van der Waals surface area contributed by atoms with Crippen molar-refractivity contribution in [1.82, 2.24) is 19.6 Å². The Balaban J connectivity index is 1.84. The largest absolute Gasteiger partial charge is 0.340 e. The highest BCUT2D eigenvalue weighted by atomic mass is 16.2. The van der Waals surface area contributed by atoms with Crippen LogP contribution < -0.4 is 0 Å². The molecular formula is C19H26N4O. The van der Waals surface area contributed by atoms with Gasteiger partial charge in [0.25, 0.3) is 0 Å². The maximum atomic E-state index is 11.8. The summed E-state index contributed by atoms with van der Waals surface area (Å²) in [5.74, 6) is 0.155. The van der Waals surface area contributed by atoms with E-state index in [0.29, 0.717) is 6.04 Å². The Kier molecular flexibility index (Phi) is 5.00. The molecule has 2 aromatic rings. The minimum atomic E-state index is 0.155. The van der Waals surface area contributed by atoms with Crippen LogP contribution in [0.25, 0.3) is 0 Å². The summed E-state index contributed by atoms with van der Waals surface area (Å²) in [5.41, 5.74) is 2.49. The highest BCUT2D eigenvalue weighted by Gasteiger charge is 2.30. The average molecular weight is 326 g/mol. The molecule has 1 atom stereocenters. The van der Waals surface area contributed by atoms with Crippen molar-refractivity contribution in [2.75, 3.05) is 19.6 Å². The van der Waals surface area contributed by atoms with Gasteiger partial charge in [-0.3, -0.25) is 14.4 Å². The van der Waals surface area contributed by atoms with Gasteiger partial charge in [0.2, 0.25) is 5.91 Å². The van der Waals surface area contributed by atoms with Crippen LogP contribution in [0.4, 0.5) is 0 Å². The van der Waals surface area contributed by atoms with E-state index in [9.17, 15) is 4.79 Å². The third-order valence-electron chi connectivity index (χ3n) is 4.73. The third-order valence-corrected chi connectivity index (χ3v) is 4.73. The van der Waals surface area contributed by atoms with Crippen molar-refractivity contribution >= 4 is 5.91 Å². The summed E-state index contributed by atoms with van der Waals surface area (Å²) in [5, 5.41) is 4.45. The molecule has 1 amide bonds. The molecular weight excluding hydrogens is 300 g/mol. The van der Waals surface area contributed by atoms with E-state index in [1.165, 1.54) is 11.3 Å².